The van der Waals surface area contributed by atoms with Crippen molar-refractivity contribution in [3.8, 4) is 11.9 Å². The van der Waals surface area contributed by atoms with E-state index < -0.39 is 0 Å². The Hall–Kier alpha value is -5.35. The number of pyridine rings is 2. The molecule has 5 fully saturated rings. The maximum Gasteiger partial charge on any atom is 0.255 e. The quantitative estimate of drug-likeness (QED) is 0.188. The predicted molar refractivity (Wildman–Crippen MR) is 212 cm³/mol. The van der Waals surface area contributed by atoms with Crippen LogP contribution in [0.25, 0.3) is 16.9 Å². The number of benzene rings is 1. The van der Waals surface area contributed by atoms with Gasteiger partial charge in [-0.1, -0.05) is 25.0 Å². The van der Waals surface area contributed by atoms with Crippen molar-refractivity contribution in [1.82, 2.24) is 35.3 Å². The number of nitrogens with one attached hydrogen (secondary N) is 3. The van der Waals surface area contributed by atoms with E-state index in [-0.39, 0.29) is 29.7 Å². The molecule has 3 aliphatic heterocycles. The number of anilines is 2. The summed E-state index contributed by atoms with van der Waals surface area (Å²) in [6, 6.07) is 14.7. The first kappa shape index (κ1) is 36.3. The van der Waals surface area contributed by atoms with Crippen LogP contribution in [0.3, 0.4) is 0 Å². The fourth-order valence-electron chi connectivity index (χ4n) is 9.93. The number of imide groups is 1. The number of carbonyl (C=O) groups is 3. The van der Waals surface area contributed by atoms with Crippen LogP contribution in [0.2, 0.25) is 0 Å². The molecule has 9 rings (SSSR count). The van der Waals surface area contributed by atoms with Gasteiger partial charge in [0.1, 0.15) is 6.07 Å². The second kappa shape index (κ2) is 15.3. The molecule has 2 aliphatic carbocycles. The van der Waals surface area contributed by atoms with E-state index in [1.807, 2.05) is 6.07 Å². The zero-order valence-corrected chi connectivity index (χ0v) is 31.9. The van der Waals surface area contributed by atoms with Gasteiger partial charge < -0.3 is 20.4 Å². The Bertz CT molecular complexity index is 2150. The summed E-state index contributed by atoms with van der Waals surface area (Å²) in [6.45, 7) is 5.60. The Morgan fingerprint density at radius 2 is 1.68 bits per heavy atom. The van der Waals surface area contributed by atoms with E-state index in [0.717, 1.165) is 74.8 Å². The molecule has 290 valence electrons. The van der Waals surface area contributed by atoms with E-state index >= 15 is 0 Å². The van der Waals surface area contributed by atoms with Crippen LogP contribution in [-0.2, 0) is 9.59 Å². The molecule has 0 bridgehead atoms. The number of nitriles is 1. The number of piperidine rings is 2. The lowest BCUT2D eigenvalue weighted by molar-refractivity contribution is -0.134. The summed E-state index contributed by atoms with van der Waals surface area (Å²) in [5.41, 5.74) is 5.03. The van der Waals surface area contributed by atoms with Crippen molar-refractivity contribution in [2.45, 2.75) is 95.1 Å². The van der Waals surface area contributed by atoms with Gasteiger partial charge >= 0.3 is 0 Å². The van der Waals surface area contributed by atoms with Crippen LogP contribution in [0.1, 0.15) is 104 Å². The smallest absolute Gasteiger partial charge is 0.255 e. The number of hydrogen-bond donors (Lipinski definition) is 3. The monoisotopic (exact) mass is 754 g/mol. The molecule has 2 saturated carbocycles. The fourth-order valence-corrected chi connectivity index (χ4v) is 9.93. The first-order valence-corrected chi connectivity index (χ1v) is 20.5. The zero-order chi connectivity index (χ0) is 38.2. The lowest BCUT2D eigenvalue weighted by Gasteiger charge is -2.55. The van der Waals surface area contributed by atoms with Gasteiger partial charge in [0.25, 0.3) is 5.91 Å². The lowest BCUT2D eigenvalue weighted by Crippen LogP contribution is -2.61. The van der Waals surface area contributed by atoms with Gasteiger partial charge in [0, 0.05) is 80.8 Å². The van der Waals surface area contributed by atoms with Crippen molar-refractivity contribution in [2.24, 2.45) is 11.3 Å². The van der Waals surface area contributed by atoms with Gasteiger partial charge in [-0.3, -0.25) is 19.7 Å². The Morgan fingerprint density at radius 1 is 0.911 bits per heavy atom. The molecule has 3 N–H and O–H groups in total. The summed E-state index contributed by atoms with van der Waals surface area (Å²) in [4.78, 5) is 51.9. The first-order chi connectivity index (χ1) is 27.3. The average Bonchev–Trinajstić information content (AvgIpc) is 3.88. The number of nitrogens with zero attached hydrogens (tertiary/aromatic N) is 7. The maximum atomic E-state index is 13.8. The summed E-state index contributed by atoms with van der Waals surface area (Å²) in [5, 5.41) is 24.0. The number of rotatable bonds is 9. The predicted octanol–water partition coefficient (Wildman–Crippen LogP) is 5.45. The van der Waals surface area contributed by atoms with Crippen molar-refractivity contribution in [1.29, 1.82) is 5.26 Å². The molecule has 1 atom stereocenters. The maximum absolute atomic E-state index is 13.8. The van der Waals surface area contributed by atoms with Gasteiger partial charge in [-0.2, -0.15) is 15.0 Å². The van der Waals surface area contributed by atoms with Crippen molar-refractivity contribution in [2.75, 3.05) is 42.9 Å². The third kappa shape index (κ3) is 7.46. The highest BCUT2D eigenvalue weighted by atomic mass is 16.2. The van der Waals surface area contributed by atoms with E-state index in [9.17, 15) is 19.6 Å². The second-order valence-corrected chi connectivity index (χ2v) is 17.0. The van der Waals surface area contributed by atoms with Crippen LogP contribution >= 0.6 is 0 Å². The highest BCUT2D eigenvalue weighted by molar-refractivity contribution is 6.01. The molecule has 3 aromatic heterocycles. The highest BCUT2D eigenvalue weighted by Gasteiger charge is 2.45. The van der Waals surface area contributed by atoms with E-state index in [1.54, 1.807) is 23.1 Å². The third-order valence-corrected chi connectivity index (χ3v) is 13.1. The van der Waals surface area contributed by atoms with Gasteiger partial charge in [-0.15, -0.1) is 0 Å². The number of hydrogen-bond acceptors (Lipinski definition) is 10. The SMILES string of the molecule is N#Cc1cnc2c(cnn2-c2cc(NC3CCCC3)c(C(=O)NC3CCC(CN4CC5(CCN(c6ccc(C7CCC(=O)NC7=O)cc6)CC5)C4)CC3)cn2)c1. The lowest BCUT2D eigenvalue weighted by atomic mass is 9.71. The van der Waals surface area contributed by atoms with Crippen LogP contribution in [0.4, 0.5) is 11.4 Å². The van der Waals surface area contributed by atoms with Crippen LogP contribution in [0.15, 0.2) is 55.0 Å². The zero-order valence-electron chi connectivity index (χ0n) is 31.9. The van der Waals surface area contributed by atoms with Gasteiger partial charge in [0.15, 0.2) is 11.5 Å². The Balaban J connectivity index is 0.751. The standard InChI is InChI=1S/C43H50N10O3/c44-21-29-19-31-23-47-53(40(31)46-22-29)38-20-37(48-32-3-1-2-4-32)36(24-45-38)42(56)49-33-9-5-28(6-10-33)25-51-26-43(27-51)15-17-52(18-16-43)34-11-7-30(8-12-34)35-13-14-39(54)50-41(35)55/h7-8,11-12,19-20,22-24,28,32-33,35H,1-6,9-10,13-18,25-27H2,(H,45,48)(H,49,56)(H,50,54,55). The molecular weight excluding hydrogens is 705 g/mol. The minimum atomic E-state index is -0.240. The topological polar surface area (TPSA) is 161 Å². The summed E-state index contributed by atoms with van der Waals surface area (Å²) in [6.07, 6.45) is 17.0. The molecule has 1 unspecified atom stereocenters. The summed E-state index contributed by atoms with van der Waals surface area (Å²) < 4.78 is 1.66. The van der Waals surface area contributed by atoms with Crippen LogP contribution in [0.5, 0.6) is 0 Å². The van der Waals surface area contributed by atoms with Crippen molar-refractivity contribution in [3.63, 3.8) is 0 Å². The van der Waals surface area contributed by atoms with Gasteiger partial charge in [-0.05, 0) is 92.9 Å². The minimum Gasteiger partial charge on any atom is -0.382 e. The molecule has 3 amide bonds. The summed E-state index contributed by atoms with van der Waals surface area (Å²) >= 11 is 0. The number of fused-ring (bicyclic) bond motifs is 1. The molecule has 6 heterocycles. The molecule has 13 nitrogen and oxygen atoms in total. The van der Waals surface area contributed by atoms with Crippen molar-refractivity contribution >= 4 is 40.1 Å². The molecule has 4 aromatic rings. The summed E-state index contributed by atoms with van der Waals surface area (Å²) in [5.74, 6) is 0.548. The highest BCUT2D eigenvalue weighted by Crippen LogP contribution is 2.43. The first-order valence-electron chi connectivity index (χ1n) is 20.5. The molecule has 3 saturated heterocycles. The molecule has 13 heteroatoms. The van der Waals surface area contributed by atoms with Gasteiger partial charge in [-0.25, -0.2) is 9.97 Å². The van der Waals surface area contributed by atoms with Crippen LogP contribution in [0, 0.1) is 22.7 Å². The third-order valence-electron chi connectivity index (χ3n) is 13.1. The van der Waals surface area contributed by atoms with Gasteiger partial charge in [0.05, 0.1) is 28.9 Å². The van der Waals surface area contributed by atoms with E-state index in [4.69, 9.17) is 0 Å². The Labute approximate surface area is 327 Å². The number of amides is 3. The molecule has 0 radical (unpaired) electrons. The molecular formula is C43H50N10O3. The Morgan fingerprint density at radius 3 is 2.41 bits per heavy atom. The van der Waals surface area contributed by atoms with Crippen molar-refractivity contribution in [3.05, 3.63) is 71.7 Å². The molecule has 56 heavy (non-hydrogen) atoms. The number of carbonyl (C=O) groups excluding carboxylic acids is 3. The van der Waals surface area contributed by atoms with Crippen LogP contribution in [-0.4, -0.2) is 87.2 Å². The van der Waals surface area contributed by atoms with Crippen LogP contribution < -0.4 is 20.9 Å². The number of aromatic nitrogens is 4. The molecule has 5 aliphatic rings. The Kier molecular flexibility index (Phi) is 9.91. The van der Waals surface area contributed by atoms with E-state index in [2.05, 4.69) is 71.2 Å². The minimum absolute atomic E-state index is 0.0867. The largest absolute Gasteiger partial charge is 0.382 e. The fraction of sp³-hybridized carbons (Fsp3) is 0.512. The average molecular weight is 755 g/mol. The van der Waals surface area contributed by atoms with E-state index in [1.165, 1.54) is 50.7 Å². The van der Waals surface area contributed by atoms with Crippen molar-refractivity contribution < 1.29 is 14.4 Å². The number of likely N-dealkylation sites (tertiary alicyclic amines) is 1. The van der Waals surface area contributed by atoms with Gasteiger partial charge in [0.2, 0.25) is 11.8 Å². The molecule has 1 aromatic carbocycles. The molecule has 1 spiro atoms. The summed E-state index contributed by atoms with van der Waals surface area (Å²) in [7, 11) is 0. The second-order valence-electron chi connectivity index (χ2n) is 17.0. The van der Waals surface area contributed by atoms with E-state index in [0.29, 0.717) is 52.8 Å². The normalized spacial score (nSPS) is 24.1.